The molecule has 0 spiro atoms. The van der Waals surface area contributed by atoms with E-state index < -0.39 is 8.32 Å². The first-order valence-electron chi connectivity index (χ1n) is 11.4. The Labute approximate surface area is 195 Å². The van der Waals surface area contributed by atoms with Crippen LogP contribution in [0.3, 0.4) is 0 Å². The van der Waals surface area contributed by atoms with Crippen molar-refractivity contribution >= 4 is 14.2 Å². The van der Waals surface area contributed by atoms with E-state index in [1.54, 1.807) is 6.07 Å². The van der Waals surface area contributed by atoms with E-state index >= 15 is 0 Å². The lowest BCUT2D eigenvalue weighted by molar-refractivity contribution is 0.0864. The van der Waals surface area contributed by atoms with Gasteiger partial charge in [-0.2, -0.15) is 0 Å². The van der Waals surface area contributed by atoms with E-state index in [-0.39, 0.29) is 34.8 Å². The van der Waals surface area contributed by atoms with E-state index in [9.17, 15) is 4.79 Å². The van der Waals surface area contributed by atoms with Crippen LogP contribution in [0.4, 0.5) is 0 Å². The van der Waals surface area contributed by atoms with E-state index in [1.807, 2.05) is 37.3 Å². The number of hydrogen-bond donors (Lipinski definition) is 1. The molecule has 1 saturated carbocycles. The van der Waals surface area contributed by atoms with Crippen LogP contribution in [0.5, 0.6) is 0 Å². The van der Waals surface area contributed by atoms with Crippen LogP contribution in [0.15, 0.2) is 45.3 Å². The van der Waals surface area contributed by atoms with Crippen LogP contribution in [0.25, 0.3) is 11.3 Å². The van der Waals surface area contributed by atoms with Crippen molar-refractivity contribution in [3.8, 4) is 11.3 Å². The number of carbonyl (C=O) groups is 1. The first-order valence-corrected chi connectivity index (χ1v) is 14.3. The van der Waals surface area contributed by atoms with Crippen LogP contribution in [-0.2, 0) is 4.43 Å². The number of hydrogen-bond acceptors (Lipinski definition) is 7. The first-order chi connectivity index (χ1) is 15.5. The molecule has 33 heavy (non-hydrogen) atoms. The summed E-state index contributed by atoms with van der Waals surface area (Å²) in [5.74, 6) is 1.18. The summed E-state index contributed by atoms with van der Waals surface area (Å²) < 4.78 is 17.5. The van der Waals surface area contributed by atoms with Gasteiger partial charge in [-0.05, 0) is 37.9 Å². The summed E-state index contributed by atoms with van der Waals surface area (Å²) in [6.45, 7) is 13.0. The predicted molar refractivity (Wildman–Crippen MR) is 126 cm³/mol. The molecule has 176 valence electrons. The Morgan fingerprint density at radius 3 is 2.55 bits per heavy atom. The number of amides is 1. The minimum absolute atomic E-state index is 0.0315. The molecule has 0 bridgehead atoms. The molecular weight excluding hydrogens is 436 g/mol. The SMILES string of the molecule is CC(O[Si](C)(C)C(C)(C)C)c1nnc([C@H]2C[C@H](NC(=O)c3cc(-c4ccccc4)no3)C2)o1. The molecule has 1 fully saturated rings. The highest BCUT2D eigenvalue weighted by molar-refractivity contribution is 6.74. The Morgan fingerprint density at radius 1 is 1.18 bits per heavy atom. The van der Waals surface area contributed by atoms with Crippen LogP contribution in [0, 0.1) is 0 Å². The summed E-state index contributed by atoms with van der Waals surface area (Å²) in [5, 5.41) is 15.6. The van der Waals surface area contributed by atoms with Crippen molar-refractivity contribution in [1.82, 2.24) is 20.7 Å². The number of aromatic nitrogens is 3. The van der Waals surface area contributed by atoms with Gasteiger partial charge in [0.25, 0.3) is 5.91 Å². The van der Waals surface area contributed by atoms with Crippen molar-refractivity contribution in [2.75, 3.05) is 0 Å². The third-order valence-corrected chi connectivity index (χ3v) is 11.3. The molecule has 4 rings (SSSR count). The largest absolute Gasteiger partial charge is 0.422 e. The van der Waals surface area contributed by atoms with Gasteiger partial charge >= 0.3 is 0 Å². The molecule has 3 aromatic rings. The lowest BCUT2D eigenvalue weighted by Gasteiger charge is -2.37. The first kappa shape index (κ1) is 23.4. The minimum Gasteiger partial charge on any atom is -0.422 e. The van der Waals surface area contributed by atoms with Crippen LogP contribution in [0.1, 0.15) is 74.9 Å². The average Bonchev–Trinajstić information content (AvgIpc) is 3.40. The third-order valence-electron chi connectivity index (χ3n) is 6.71. The Morgan fingerprint density at radius 2 is 1.88 bits per heavy atom. The molecule has 1 amide bonds. The zero-order chi connectivity index (χ0) is 23.8. The number of benzene rings is 1. The van der Waals surface area contributed by atoms with Crippen LogP contribution < -0.4 is 5.32 Å². The molecule has 1 atom stereocenters. The Balaban J connectivity index is 1.29. The quantitative estimate of drug-likeness (QED) is 0.458. The number of nitrogens with one attached hydrogen (secondary N) is 1. The molecule has 0 radical (unpaired) electrons. The van der Waals surface area contributed by atoms with E-state index in [1.165, 1.54) is 0 Å². The van der Waals surface area contributed by atoms with Gasteiger partial charge in [0.2, 0.25) is 17.5 Å². The highest BCUT2D eigenvalue weighted by atomic mass is 28.4. The fraction of sp³-hybridized carbons (Fsp3) is 0.500. The lowest BCUT2D eigenvalue weighted by atomic mass is 9.80. The van der Waals surface area contributed by atoms with Crippen molar-refractivity contribution in [2.24, 2.45) is 0 Å². The maximum atomic E-state index is 12.5. The molecule has 1 unspecified atom stereocenters. The number of rotatable bonds is 7. The van der Waals surface area contributed by atoms with Gasteiger partial charge in [0.15, 0.2) is 8.32 Å². The summed E-state index contributed by atoms with van der Waals surface area (Å²) in [7, 11) is -1.93. The van der Waals surface area contributed by atoms with E-state index in [4.69, 9.17) is 13.4 Å². The van der Waals surface area contributed by atoms with Gasteiger partial charge in [-0.15, -0.1) is 10.2 Å². The smallest absolute Gasteiger partial charge is 0.290 e. The molecule has 1 aromatic carbocycles. The highest BCUT2D eigenvalue weighted by Gasteiger charge is 2.40. The molecule has 0 saturated heterocycles. The molecule has 1 aliphatic carbocycles. The summed E-state index contributed by atoms with van der Waals surface area (Å²) in [6, 6.07) is 11.3. The second kappa shape index (κ2) is 8.87. The van der Waals surface area contributed by atoms with Gasteiger partial charge in [0.1, 0.15) is 11.8 Å². The normalized spacial score (nSPS) is 19.7. The predicted octanol–water partition coefficient (Wildman–Crippen LogP) is 5.48. The third kappa shape index (κ3) is 5.09. The molecule has 2 aromatic heterocycles. The van der Waals surface area contributed by atoms with Gasteiger partial charge in [-0.25, -0.2) is 0 Å². The summed E-state index contributed by atoms with van der Waals surface area (Å²) in [5.41, 5.74) is 1.54. The second-order valence-electron chi connectivity index (χ2n) is 10.3. The van der Waals surface area contributed by atoms with Gasteiger partial charge in [0.05, 0.1) is 0 Å². The van der Waals surface area contributed by atoms with E-state index in [2.05, 4.69) is 54.5 Å². The van der Waals surface area contributed by atoms with Gasteiger partial charge in [0, 0.05) is 23.6 Å². The van der Waals surface area contributed by atoms with Crippen molar-refractivity contribution in [2.45, 2.75) is 76.7 Å². The number of nitrogens with zero attached hydrogens (tertiary/aromatic N) is 3. The number of carbonyl (C=O) groups excluding carboxylic acids is 1. The fourth-order valence-electron chi connectivity index (χ4n) is 3.57. The molecular formula is C24H32N4O4Si. The second-order valence-corrected chi connectivity index (χ2v) is 15.0. The van der Waals surface area contributed by atoms with Crippen LogP contribution >= 0.6 is 0 Å². The van der Waals surface area contributed by atoms with Crippen LogP contribution in [-0.4, -0.2) is 35.6 Å². The maximum absolute atomic E-state index is 12.5. The fourth-order valence-corrected chi connectivity index (χ4v) is 4.90. The molecule has 2 heterocycles. The van der Waals surface area contributed by atoms with Gasteiger partial charge in [-0.1, -0.05) is 56.3 Å². The van der Waals surface area contributed by atoms with Gasteiger partial charge < -0.3 is 18.7 Å². The summed E-state index contributed by atoms with van der Waals surface area (Å²) >= 11 is 0. The summed E-state index contributed by atoms with van der Waals surface area (Å²) in [4.78, 5) is 12.5. The molecule has 1 aliphatic rings. The Kier molecular flexibility index (Phi) is 6.28. The minimum atomic E-state index is -1.93. The average molecular weight is 469 g/mol. The Bertz CT molecular complexity index is 1100. The monoisotopic (exact) mass is 468 g/mol. The zero-order valence-corrected chi connectivity index (χ0v) is 21.1. The lowest BCUT2D eigenvalue weighted by Crippen LogP contribution is -2.43. The van der Waals surface area contributed by atoms with Crippen molar-refractivity contribution in [3.63, 3.8) is 0 Å². The molecule has 0 aliphatic heterocycles. The van der Waals surface area contributed by atoms with Crippen LogP contribution in [0.2, 0.25) is 18.1 Å². The summed E-state index contributed by atoms with van der Waals surface area (Å²) in [6.07, 6.45) is 1.24. The van der Waals surface area contributed by atoms with E-state index in [0.717, 1.165) is 18.4 Å². The Hall–Kier alpha value is -2.78. The highest BCUT2D eigenvalue weighted by Crippen LogP contribution is 2.40. The van der Waals surface area contributed by atoms with Crippen molar-refractivity contribution in [3.05, 3.63) is 53.9 Å². The topological polar surface area (TPSA) is 103 Å². The molecule has 9 heteroatoms. The van der Waals surface area contributed by atoms with Crippen molar-refractivity contribution < 1.29 is 18.2 Å². The van der Waals surface area contributed by atoms with E-state index in [0.29, 0.717) is 17.5 Å². The maximum Gasteiger partial charge on any atom is 0.290 e. The zero-order valence-electron chi connectivity index (χ0n) is 20.1. The standard InChI is InChI=1S/C24H32N4O4Si/c1-15(32-33(5,6)24(2,3)4)22-26-27-23(30-22)17-12-18(13-17)25-21(29)20-14-19(28-31-20)16-10-8-7-9-11-16/h7-11,14-15,17-18H,12-13H2,1-6H3,(H,25,29)/t15?,17-,18-. The van der Waals surface area contributed by atoms with Crippen molar-refractivity contribution in [1.29, 1.82) is 0 Å². The molecule has 1 N–H and O–H groups in total. The molecule has 8 nitrogen and oxygen atoms in total. The van der Waals surface area contributed by atoms with Gasteiger partial charge in [-0.3, -0.25) is 4.79 Å².